The molecule has 1 saturated heterocycles. The zero-order chi connectivity index (χ0) is 16.5. The lowest BCUT2D eigenvalue weighted by Crippen LogP contribution is -2.40. The van der Waals surface area contributed by atoms with Gasteiger partial charge in [-0.3, -0.25) is 4.79 Å². The molecule has 0 bridgehead atoms. The molecule has 10 heteroatoms. The number of likely N-dealkylation sites (N-methyl/N-ethyl adjacent to an activating group) is 1. The van der Waals surface area contributed by atoms with E-state index in [0.717, 1.165) is 8.26 Å². The van der Waals surface area contributed by atoms with Gasteiger partial charge < -0.3 is 9.64 Å². The summed E-state index contributed by atoms with van der Waals surface area (Å²) < 4.78 is 29.3. The molecule has 0 unspecified atom stereocenters. The fourth-order valence-electron chi connectivity index (χ4n) is 2.03. The Kier molecular flexibility index (Phi) is 5.68. The molecule has 1 amide bonds. The van der Waals surface area contributed by atoms with Gasteiger partial charge in [0.05, 0.1) is 15.3 Å². The topological polar surface area (TPSA) is 80.8 Å². The molecule has 1 aliphatic rings. The van der Waals surface area contributed by atoms with Gasteiger partial charge >= 0.3 is 5.97 Å². The zero-order valence-electron chi connectivity index (χ0n) is 11.5. The predicted molar refractivity (Wildman–Crippen MR) is 89.8 cm³/mol. The molecule has 2 heterocycles. The first kappa shape index (κ1) is 17.9. The van der Waals surface area contributed by atoms with Gasteiger partial charge in [-0.2, -0.15) is 0 Å². The molecular weight excluding hydrogens is 462 g/mol. The van der Waals surface area contributed by atoms with Crippen molar-refractivity contribution in [3.63, 3.8) is 0 Å². The maximum atomic E-state index is 12.0. The highest BCUT2D eigenvalue weighted by atomic mass is 79.9. The molecular formula is C12H13Br2NO5S2. The Morgan fingerprint density at radius 3 is 2.64 bits per heavy atom. The number of amides is 1. The van der Waals surface area contributed by atoms with Crippen LogP contribution in [0.5, 0.6) is 0 Å². The summed E-state index contributed by atoms with van der Waals surface area (Å²) in [4.78, 5) is 25.5. The number of thiophene rings is 1. The molecule has 0 radical (unpaired) electrons. The van der Waals surface area contributed by atoms with Crippen LogP contribution >= 0.6 is 43.2 Å². The number of halogens is 2. The Morgan fingerprint density at radius 2 is 2.14 bits per heavy atom. The second-order valence-electron chi connectivity index (χ2n) is 4.87. The molecule has 1 atom stereocenters. The Labute approximate surface area is 149 Å². The van der Waals surface area contributed by atoms with Crippen molar-refractivity contribution in [1.82, 2.24) is 4.90 Å². The van der Waals surface area contributed by atoms with Crippen molar-refractivity contribution in [2.75, 3.05) is 25.2 Å². The van der Waals surface area contributed by atoms with Gasteiger partial charge in [0.2, 0.25) is 0 Å². The Morgan fingerprint density at radius 1 is 1.45 bits per heavy atom. The Hall–Kier alpha value is -0.450. The number of carbonyl (C=O) groups is 2. The number of hydrogen-bond acceptors (Lipinski definition) is 6. The van der Waals surface area contributed by atoms with Crippen LogP contribution in [0, 0.1) is 0 Å². The standard InChI is InChI=1S/C12H13Br2NO5S2/c1-15(7-2-3-22(18,19)6-7)10(16)5-20-12(17)9-4-8(13)11(14)21-9/h4,7H,2-3,5-6H2,1H3/t7-/m0/s1. The van der Waals surface area contributed by atoms with E-state index in [0.29, 0.717) is 11.3 Å². The summed E-state index contributed by atoms with van der Waals surface area (Å²) in [6.45, 7) is -0.404. The molecule has 0 aliphatic carbocycles. The Bertz CT molecular complexity index is 681. The van der Waals surface area contributed by atoms with Crippen molar-refractivity contribution < 1.29 is 22.7 Å². The zero-order valence-corrected chi connectivity index (χ0v) is 16.3. The minimum atomic E-state index is -3.06. The lowest BCUT2D eigenvalue weighted by Gasteiger charge is -2.23. The molecule has 1 aromatic rings. The van der Waals surface area contributed by atoms with E-state index < -0.39 is 28.3 Å². The van der Waals surface area contributed by atoms with Gasteiger partial charge in [0.1, 0.15) is 4.88 Å². The minimum absolute atomic E-state index is 0.0337. The molecule has 6 nitrogen and oxygen atoms in total. The highest BCUT2D eigenvalue weighted by Crippen LogP contribution is 2.32. The highest BCUT2D eigenvalue weighted by molar-refractivity contribution is 9.13. The van der Waals surface area contributed by atoms with E-state index in [1.807, 2.05) is 0 Å². The number of sulfone groups is 1. The van der Waals surface area contributed by atoms with Crippen molar-refractivity contribution in [3.8, 4) is 0 Å². The molecule has 2 rings (SSSR count). The maximum absolute atomic E-state index is 12.0. The first-order valence-corrected chi connectivity index (χ1v) is 10.5. The van der Waals surface area contributed by atoms with Gasteiger partial charge in [-0.1, -0.05) is 0 Å². The van der Waals surface area contributed by atoms with Gasteiger partial charge in [-0.25, -0.2) is 13.2 Å². The molecule has 1 fully saturated rings. The van der Waals surface area contributed by atoms with Crippen molar-refractivity contribution in [3.05, 3.63) is 19.2 Å². The molecule has 0 aromatic carbocycles. The monoisotopic (exact) mass is 473 g/mol. The van der Waals surface area contributed by atoms with Crippen LogP contribution < -0.4 is 0 Å². The maximum Gasteiger partial charge on any atom is 0.348 e. The lowest BCUT2D eigenvalue weighted by molar-refractivity contribution is -0.134. The molecule has 0 N–H and O–H groups in total. The number of esters is 1. The minimum Gasteiger partial charge on any atom is -0.451 e. The average Bonchev–Trinajstić information content (AvgIpc) is 2.98. The Balaban J connectivity index is 1.88. The molecule has 1 aliphatic heterocycles. The van der Waals surface area contributed by atoms with Gasteiger partial charge in [-0.15, -0.1) is 11.3 Å². The van der Waals surface area contributed by atoms with Crippen molar-refractivity contribution in [1.29, 1.82) is 0 Å². The number of rotatable bonds is 4. The first-order valence-electron chi connectivity index (χ1n) is 6.27. The van der Waals surface area contributed by atoms with Crippen LogP contribution in [0.2, 0.25) is 0 Å². The second-order valence-corrected chi connectivity index (χ2v) is 10.3. The third-order valence-electron chi connectivity index (χ3n) is 3.32. The first-order chi connectivity index (χ1) is 10.2. The third-order valence-corrected chi connectivity index (χ3v) is 8.31. The summed E-state index contributed by atoms with van der Waals surface area (Å²) in [5.41, 5.74) is 0. The summed E-state index contributed by atoms with van der Waals surface area (Å²) in [7, 11) is -1.53. The van der Waals surface area contributed by atoms with Gasteiger partial charge in [0.15, 0.2) is 16.4 Å². The fraction of sp³-hybridized carbons (Fsp3) is 0.500. The normalized spacial score (nSPS) is 19.9. The van der Waals surface area contributed by atoms with Crippen LogP contribution in [0.15, 0.2) is 14.3 Å². The van der Waals surface area contributed by atoms with Crippen molar-refractivity contribution >= 4 is 64.9 Å². The summed E-state index contributed by atoms with van der Waals surface area (Å²) in [6.07, 6.45) is 0.420. The molecule has 0 spiro atoms. The number of hydrogen-bond donors (Lipinski definition) is 0. The van der Waals surface area contributed by atoms with E-state index in [-0.39, 0.29) is 17.5 Å². The van der Waals surface area contributed by atoms with E-state index in [4.69, 9.17) is 4.74 Å². The molecule has 122 valence electrons. The quantitative estimate of drug-likeness (QED) is 0.624. The van der Waals surface area contributed by atoms with E-state index >= 15 is 0 Å². The smallest absolute Gasteiger partial charge is 0.348 e. The van der Waals surface area contributed by atoms with Crippen LogP contribution in [0.3, 0.4) is 0 Å². The molecule has 0 saturated carbocycles. The van der Waals surface area contributed by atoms with Gasteiger partial charge in [0, 0.05) is 17.6 Å². The number of ether oxygens (including phenoxy) is 1. The summed E-state index contributed by atoms with van der Waals surface area (Å²) >= 11 is 7.74. The van der Waals surface area contributed by atoms with Gasteiger partial charge in [0.25, 0.3) is 5.91 Å². The SMILES string of the molecule is CN(C(=O)COC(=O)c1cc(Br)c(Br)s1)[C@H]1CCS(=O)(=O)C1. The molecule has 22 heavy (non-hydrogen) atoms. The van der Waals surface area contributed by atoms with Crippen LogP contribution in [0.1, 0.15) is 16.1 Å². The van der Waals surface area contributed by atoms with Crippen LogP contribution in [-0.2, 0) is 19.4 Å². The van der Waals surface area contributed by atoms with E-state index in [9.17, 15) is 18.0 Å². The van der Waals surface area contributed by atoms with Crippen molar-refractivity contribution in [2.45, 2.75) is 12.5 Å². The summed E-state index contributed by atoms with van der Waals surface area (Å²) in [5.74, 6) is -0.942. The van der Waals surface area contributed by atoms with E-state index in [1.165, 1.54) is 23.3 Å². The van der Waals surface area contributed by atoms with Crippen molar-refractivity contribution in [2.24, 2.45) is 0 Å². The van der Waals surface area contributed by atoms with E-state index in [2.05, 4.69) is 31.9 Å². The number of nitrogens with zero attached hydrogens (tertiary/aromatic N) is 1. The van der Waals surface area contributed by atoms with Crippen LogP contribution in [0.25, 0.3) is 0 Å². The lowest BCUT2D eigenvalue weighted by atomic mass is 10.2. The highest BCUT2D eigenvalue weighted by Gasteiger charge is 2.33. The average molecular weight is 475 g/mol. The fourth-order valence-corrected chi connectivity index (χ4v) is 5.74. The molecule has 1 aromatic heterocycles. The van der Waals surface area contributed by atoms with Gasteiger partial charge in [-0.05, 0) is 44.3 Å². The summed E-state index contributed by atoms with van der Waals surface area (Å²) in [5, 5.41) is 0. The summed E-state index contributed by atoms with van der Waals surface area (Å²) in [6, 6.07) is 1.26. The largest absolute Gasteiger partial charge is 0.451 e. The predicted octanol–water partition coefficient (Wildman–Crippen LogP) is 2.08. The second kappa shape index (κ2) is 6.98. The van der Waals surface area contributed by atoms with Crippen LogP contribution in [0.4, 0.5) is 0 Å². The van der Waals surface area contributed by atoms with E-state index in [1.54, 1.807) is 6.07 Å². The third kappa shape index (κ3) is 4.30. The number of carbonyl (C=O) groups excluding carboxylic acids is 2. The van der Waals surface area contributed by atoms with Crippen LogP contribution in [-0.4, -0.2) is 56.4 Å².